The van der Waals surface area contributed by atoms with E-state index in [9.17, 15) is 4.39 Å². The molecule has 1 unspecified atom stereocenters. The molecular weight excluding hydrogens is 195 g/mol. The van der Waals surface area contributed by atoms with Crippen molar-refractivity contribution < 1.29 is 9.13 Å². The van der Waals surface area contributed by atoms with E-state index in [-0.39, 0.29) is 11.9 Å². The highest BCUT2D eigenvalue weighted by atomic mass is 19.1. The Hall–Kier alpha value is -1.29. The van der Waals surface area contributed by atoms with E-state index in [0.29, 0.717) is 24.6 Å². The van der Waals surface area contributed by atoms with E-state index in [0.717, 1.165) is 6.54 Å². The van der Waals surface area contributed by atoms with Crippen LogP contribution < -0.4 is 10.6 Å². The number of morpholine rings is 1. The molecule has 2 rings (SSSR count). The number of anilines is 2. The quantitative estimate of drug-likeness (QED) is 0.716. The van der Waals surface area contributed by atoms with Crippen molar-refractivity contribution in [3.8, 4) is 0 Å². The average molecular weight is 210 g/mol. The van der Waals surface area contributed by atoms with E-state index in [1.807, 2.05) is 11.8 Å². The van der Waals surface area contributed by atoms with Crippen LogP contribution in [-0.4, -0.2) is 25.8 Å². The maximum atomic E-state index is 13.6. The first-order chi connectivity index (χ1) is 7.18. The lowest BCUT2D eigenvalue weighted by Gasteiger charge is -2.35. The Morgan fingerprint density at radius 1 is 1.53 bits per heavy atom. The monoisotopic (exact) mass is 210 g/mol. The van der Waals surface area contributed by atoms with E-state index in [1.165, 1.54) is 6.07 Å². The third-order valence-electron chi connectivity index (χ3n) is 2.65. The van der Waals surface area contributed by atoms with Gasteiger partial charge in [0, 0.05) is 18.3 Å². The molecule has 4 heteroatoms. The SMILES string of the molecule is CC1COCCN1c1ccc(N)cc1F. The number of nitrogens with two attached hydrogens (primary N) is 1. The van der Waals surface area contributed by atoms with E-state index < -0.39 is 0 Å². The van der Waals surface area contributed by atoms with Gasteiger partial charge in [0.15, 0.2) is 0 Å². The van der Waals surface area contributed by atoms with Crippen molar-refractivity contribution in [2.75, 3.05) is 30.4 Å². The van der Waals surface area contributed by atoms with Gasteiger partial charge in [-0.2, -0.15) is 0 Å². The summed E-state index contributed by atoms with van der Waals surface area (Å²) in [6.07, 6.45) is 0. The van der Waals surface area contributed by atoms with Crippen molar-refractivity contribution in [2.24, 2.45) is 0 Å². The number of nitrogens with zero attached hydrogens (tertiary/aromatic N) is 1. The maximum absolute atomic E-state index is 13.6. The zero-order valence-corrected chi connectivity index (χ0v) is 8.74. The van der Waals surface area contributed by atoms with E-state index in [4.69, 9.17) is 10.5 Å². The fourth-order valence-corrected chi connectivity index (χ4v) is 1.84. The molecular formula is C11H15FN2O. The number of rotatable bonds is 1. The molecule has 1 atom stereocenters. The van der Waals surface area contributed by atoms with Crippen LogP contribution in [0.4, 0.5) is 15.8 Å². The molecule has 0 aliphatic carbocycles. The third kappa shape index (κ3) is 2.04. The minimum atomic E-state index is -0.260. The Morgan fingerprint density at radius 2 is 2.33 bits per heavy atom. The summed E-state index contributed by atoms with van der Waals surface area (Å²) in [5, 5.41) is 0. The van der Waals surface area contributed by atoms with Crippen LogP contribution in [0.3, 0.4) is 0 Å². The largest absolute Gasteiger partial charge is 0.399 e. The van der Waals surface area contributed by atoms with Gasteiger partial charge in [0.2, 0.25) is 0 Å². The predicted molar refractivity (Wildman–Crippen MR) is 58.4 cm³/mol. The topological polar surface area (TPSA) is 38.5 Å². The highest BCUT2D eigenvalue weighted by Crippen LogP contribution is 2.24. The minimum Gasteiger partial charge on any atom is -0.399 e. The van der Waals surface area contributed by atoms with Crippen molar-refractivity contribution in [1.29, 1.82) is 0 Å². The summed E-state index contributed by atoms with van der Waals surface area (Å²) < 4.78 is 19.0. The average Bonchev–Trinajstić information content (AvgIpc) is 2.20. The first-order valence-electron chi connectivity index (χ1n) is 5.08. The summed E-state index contributed by atoms with van der Waals surface area (Å²) >= 11 is 0. The van der Waals surface area contributed by atoms with Crippen molar-refractivity contribution in [2.45, 2.75) is 13.0 Å². The lowest BCUT2D eigenvalue weighted by Crippen LogP contribution is -2.44. The van der Waals surface area contributed by atoms with Gasteiger partial charge in [0.05, 0.1) is 18.9 Å². The molecule has 0 saturated carbocycles. The summed E-state index contributed by atoms with van der Waals surface area (Å²) in [4.78, 5) is 2.01. The number of hydrogen-bond acceptors (Lipinski definition) is 3. The van der Waals surface area contributed by atoms with E-state index >= 15 is 0 Å². The zero-order valence-electron chi connectivity index (χ0n) is 8.74. The van der Waals surface area contributed by atoms with Crippen LogP contribution in [0.25, 0.3) is 0 Å². The molecule has 1 saturated heterocycles. The highest BCUT2D eigenvalue weighted by Gasteiger charge is 2.21. The zero-order chi connectivity index (χ0) is 10.8. The number of hydrogen-bond donors (Lipinski definition) is 1. The van der Waals surface area contributed by atoms with Crippen LogP contribution in [0.2, 0.25) is 0 Å². The smallest absolute Gasteiger partial charge is 0.148 e. The van der Waals surface area contributed by atoms with Crippen LogP contribution in [0, 0.1) is 5.82 Å². The molecule has 1 heterocycles. The van der Waals surface area contributed by atoms with E-state index in [1.54, 1.807) is 12.1 Å². The standard InChI is InChI=1S/C11H15FN2O/c1-8-7-15-5-4-14(8)11-3-2-9(13)6-10(11)12/h2-3,6,8H,4-5,7,13H2,1H3. The summed E-state index contributed by atoms with van der Waals surface area (Å²) in [7, 11) is 0. The summed E-state index contributed by atoms with van der Waals surface area (Å²) in [6, 6.07) is 5.02. The number of nitrogen functional groups attached to an aromatic ring is 1. The fraction of sp³-hybridized carbons (Fsp3) is 0.455. The van der Waals surface area contributed by atoms with Crippen molar-refractivity contribution in [3.63, 3.8) is 0 Å². The minimum absolute atomic E-state index is 0.205. The molecule has 0 spiro atoms. The molecule has 0 bridgehead atoms. The molecule has 3 nitrogen and oxygen atoms in total. The van der Waals surface area contributed by atoms with E-state index in [2.05, 4.69) is 0 Å². The predicted octanol–water partition coefficient (Wildman–Crippen LogP) is 1.63. The van der Waals surface area contributed by atoms with Gasteiger partial charge < -0.3 is 15.4 Å². The second-order valence-electron chi connectivity index (χ2n) is 3.83. The number of ether oxygens (including phenoxy) is 1. The molecule has 1 aromatic rings. The van der Waals surface area contributed by atoms with Gasteiger partial charge >= 0.3 is 0 Å². The number of benzene rings is 1. The highest BCUT2D eigenvalue weighted by molar-refractivity contribution is 5.55. The van der Waals surface area contributed by atoms with Crippen molar-refractivity contribution >= 4 is 11.4 Å². The van der Waals surface area contributed by atoms with Gasteiger partial charge in [-0.05, 0) is 25.1 Å². The van der Waals surface area contributed by atoms with Crippen molar-refractivity contribution in [1.82, 2.24) is 0 Å². The lowest BCUT2D eigenvalue weighted by atomic mass is 10.2. The molecule has 0 amide bonds. The van der Waals surface area contributed by atoms with Crippen LogP contribution in [0.15, 0.2) is 18.2 Å². The van der Waals surface area contributed by atoms with Gasteiger partial charge in [0.1, 0.15) is 5.82 Å². The van der Waals surface area contributed by atoms with Gasteiger partial charge in [-0.25, -0.2) is 4.39 Å². The molecule has 1 aliphatic heterocycles. The third-order valence-corrected chi connectivity index (χ3v) is 2.65. The second kappa shape index (κ2) is 4.06. The Labute approximate surface area is 88.6 Å². The molecule has 1 aliphatic rings. The van der Waals surface area contributed by atoms with Gasteiger partial charge in [-0.1, -0.05) is 0 Å². The molecule has 0 radical (unpaired) electrons. The lowest BCUT2D eigenvalue weighted by molar-refractivity contribution is 0.0986. The normalized spacial score (nSPS) is 21.7. The molecule has 2 N–H and O–H groups in total. The summed E-state index contributed by atoms with van der Waals surface area (Å²) in [5.41, 5.74) is 6.58. The van der Waals surface area contributed by atoms with Gasteiger partial charge in [-0.15, -0.1) is 0 Å². The first-order valence-corrected chi connectivity index (χ1v) is 5.08. The molecule has 15 heavy (non-hydrogen) atoms. The van der Waals surface area contributed by atoms with Gasteiger partial charge in [-0.3, -0.25) is 0 Å². The van der Waals surface area contributed by atoms with Crippen LogP contribution in [-0.2, 0) is 4.74 Å². The molecule has 1 aromatic carbocycles. The Morgan fingerprint density at radius 3 is 3.00 bits per heavy atom. The molecule has 0 aromatic heterocycles. The maximum Gasteiger partial charge on any atom is 0.148 e. The molecule has 82 valence electrons. The second-order valence-corrected chi connectivity index (χ2v) is 3.83. The Kier molecular flexibility index (Phi) is 2.77. The molecule has 1 fully saturated rings. The van der Waals surface area contributed by atoms with Crippen molar-refractivity contribution in [3.05, 3.63) is 24.0 Å². The number of halogens is 1. The summed E-state index contributed by atoms with van der Waals surface area (Å²) in [5.74, 6) is -0.260. The van der Waals surface area contributed by atoms with Gasteiger partial charge in [0.25, 0.3) is 0 Å². The fourth-order valence-electron chi connectivity index (χ4n) is 1.84. The first kappa shape index (κ1) is 10.2. The Bertz CT molecular complexity index is 356. The van der Waals surface area contributed by atoms with Crippen LogP contribution in [0.1, 0.15) is 6.92 Å². The summed E-state index contributed by atoms with van der Waals surface area (Å²) in [6.45, 7) is 4.04. The Balaban J connectivity index is 2.27. The van der Waals surface area contributed by atoms with Crippen LogP contribution in [0.5, 0.6) is 0 Å². The van der Waals surface area contributed by atoms with Crippen LogP contribution >= 0.6 is 0 Å².